The van der Waals surface area contributed by atoms with E-state index < -0.39 is 0 Å². The lowest BCUT2D eigenvalue weighted by Crippen LogP contribution is -2.35. The Morgan fingerprint density at radius 3 is 2.92 bits per heavy atom. The molecule has 13 heavy (non-hydrogen) atoms. The number of nitrogens with zero attached hydrogens (tertiary/aromatic N) is 2. The zero-order valence-electron chi connectivity index (χ0n) is 7.82. The Labute approximate surface area is 82.5 Å². The van der Waals surface area contributed by atoms with Crippen LogP contribution in [0.1, 0.15) is 10.6 Å². The minimum atomic E-state index is 0.864. The van der Waals surface area contributed by atoms with Crippen LogP contribution in [-0.4, -0.2) is 35.6 Å². The van der Waals surface area contributed by atoms with Crippen LogP contribution in [0.2, 0.25) is 0 Å². The summed E-state index contributed by atoms with van der Waals surface area (Å²) in [7, 11) is 0. The predicted octanol–water partition coefficient (Wildman–Crippen LogP) is 1.28. The third-order valence-electron chi connectivity index (χ3n) is 2.17. The van der Waals surface area contributed by atoms with Crippen molar-refractivity contribution in [2.24, 2.45) is 0 Å². The van der Waals surface area contributed by atoms with E-state index in [0.717, 1.165) is 32.8 Å². The summed E-state index contributed by atoms with van der Waals surface area (Å²) in [5, 5.41) is 0. The summed E-state index contributed by atoms with van der Waals surface area (Å²) in [4.78, 5) is 3.68. The topological polar surface area (TPSA) is 25.4 Å². The van der Waals surface area contributed by atoms with Gasteiger partial charge in [0.05, 0.1) is 18.9 Å². The highest BCUT2D eigenvalue weighted by Gasteiger charge is 2.11. The molecule has 1 aliphatic rings. The van der Waals surface area contributed by atoms with Gasteiger partial charge in [-0.3, -0.25) is 4.90 Å². The van der Waals surface area contributed by atoms with E-state index in [1.807, 2.05) is 0 Å². The third-order valence-corrected chi connectivity index (χ3v) is 2.90. The van der Waals surface area contributed by atoms with Gasteiger partial charge in [0.2, 0.25) is 0 Å². The molecular formula is C9H14N2OS. The van der Waals surface area contributed by atoms with Crippen LogP contribution in [0.15, 0.2) is 6.07 Å². The van der Waals surface area contributed by atoms with E-state index in [1.54, 1.807) is 11.5 Å². The highest BCUT2D eigenvalue weighted by atomic mass is 32.1. The largest absolute Gasteiger partial charge is 0.379 e. The molecule has 1 aliphatic heterocycles. The van der Waals surface area contributed by atoms with Gasteiger partial charge in [0.15, 0.2) is 0 Å². The third kappa shape index (κ3) is 2.49. The number of aryl methyl sites for hydroxylation is 1. The Bertz CT molecular complexity index is 268. The van der Waals surface area contributed by atoms with Crippen molar-refractivity contribution in [3.05, 3.63) is 16.6 Å². The van der Waals surface area contributed by atoms with Crippen molar-refractivity contribution in [1.82, 2.24) is 9.27 Å². The molecule has 0 atom stereocenters. The molecule has 0 bridgehead atoms. The number of ether oxygens (including phenoxy) is 1. The Hall–Kier alpha value is -0.450. The maximum atomic E-state index is 5.28. The molecule has 2 rings (SSSR count). The first-order chi connectivity index (χ1) is 6.34. The predicted molar refractivity (Wildman–Crippen MR) is 52.9 cm³/mol. The molecule has 0 aromatic carbocycles. The molecule has 72 valence electrons. The number of rotatable bonds is 2. The van der Waals surface area contributed by atoms with Gasteiger partial charge in [-0.1, -0.05) is 0 Å². The molecule has 0 aliphatic carbocycles. The van der Waals surface area contributed by atoms with Crippen molar-refractivity contribution in [3.63, 3.8) is 0 Å². The summed E-state index contributed by atoms with van der Waals surface area (Å²) >= 11 is 1.59. The van der Waals surface area contributed by atoms with Crippen LogP contribution >= 0.6 is 11.5 Å². The van der Waals surface area contributed by atoms with Gasteiger partial charge in [0, 0.05) is 24.5 Å². The Morgan fingerprint density at radius 2 is 2.31 bits per heavy atom. The van der Waals surface area contributed by atoms with Crippen LogP contribution < -0.4 is 0 Å². The SMILES string of the molecule is Cc1cc(CN2CCOCC2)ns1. The normalized spacial score (nSPS) is 19.2. The average molecular weight is 198 g/mol. The lowest BCUT2D eigenvalue weighted by molar-refractivity contribution is 0.0338. The number of morpholine rings is 1. The summed E-state index contributed by atoms with van der Waals surface area (Å²) in [5.74, 6) is 0. The van der Waals surface area contributed by atoms with Crippen molar-refractivity contribution in [2.75, 3.05) is 26.3 Å². The van der Waals surface area contributed by atoms with Gasteiger partial charge in [-0.25, -0.2) is 0 Å². The highest BCUT2D eigenvalue weighted by molar-refractivity contribution is 7.05. The fourth-order valence-electron chi connectivity index (χ4n) is 1.48. The van der Waals surface area contributed by atoms with E-state index in [-0.39, 0.29) is 0 Å². The number of hydrogen-bond acceptors (Lipinski definition) is 4. The van der Waals surface area contributed by atoms with E-state index in [9.17, 15) is 0 Å². The van der Waals surface area contributed by atoms with Crippen molar-refractivity contribution < 1.29 is 4.74 Å². The summed E-state index contributed by atoms with van der Waals surface area (Å²) in [6, 6.07) is 2.17. The fourth-order valence-corrected chi connectivity index (χ4v) is 2.04. The summed E-state index contributed by atoms with van der Waals surface area (Å²) < 4.78 is 9.65. The second-order valence-corrected chi connectivity index (χ2v) is 4.33. The molecule has 2 heterocycles. The molecule has 0 spiro atoms. The Kier molecular flexibility index (Phi) is 2.93. The molecule has 0 N–H and O–H groups in total. The van der Waals surface area contributed by atoms with Gasteiger partial charge in [0.1, 0.15) is 0 Å². The molecule has 1 aromatic heterocycles. The minimum Gasteiger partial charge on any atom is -0.379 e. The highest BCUT2D eigenvalue weighted by Crippen LogP contribution is 2.11. The second-order valence-electron chi connectivity index (χ2n) is 3.32. The van der Waals surface area contributed by atoms with Crippen molar-refractivity contribution in [3.8, 4) is 0 Å². The van der Waals surface area contributed by atoms with E-state index in [2.05, 4.69) is 22.3 Å². The molecule has 1 saturated heterocycles. The molecular weight excluding hydrogens is 184 g/mol. The summed E-state index contributed by atoms with van der Waals surface area (Å²) in [5.41, 5.74) is 1.20. The van der Waals surface area contributed by atoms with Crippen LogP contribution in [0, 0.1) is 6.92 Å². The first kappa shape index (κ1) is 9.12. The zero-order chi connectivity index (χ0) is 9.10. The van der Waals surface area contributed by atoms with Gasteiger partial charge < -0.3 is 4.74 Å². The molecule has 4 heteroatoms. The number of aromatic nitrogens is 1. The molecule has 0 radical (unpaired) electrons. The maximum Gasteiger partial charge on any atom is 0.0685 e. The maximum absolute atomic E-state index is 5.28. The lowest BCUT2D eigenvalue weighted by atomic mass is 10.3. The quantitative estimate of drug-likeness (QED) is 0.716. The van der Waals surface area contributed by atoms with Crippen LogP contribution in [0.5, 0.6) is 0 Å². The van der Waals surface area contributed by atoms with Gasteiger partial charge in [-0.05, 0) is 24.5 Å². The molecule has 0 saturated carbocycles. The molecule has 0 amide bonds. The van der Waals surface area contributed by atoms with Crippen LogP contribution in [0.25, 0.3) is 0 Å². The van der Waals surface area contributed by atoms with Crippen LogP contribution in [0.4, 0.5) is 0 Å². The zero-order valence-corrected chi connectivity index (χ0v) is 8.64. The van der Waals surface area contributed by atoms with Crippen LogP contribution in [0.3, 0.4) is 0 Å². The minimum absolute atomic E-state index is 0.864. The first-order valence-electron chi connectivity index (χ1n) is 4.57. The Balaban J connectivity index is 1.89. The van der Waals surface area contributed by atoms with E-state index in [1.165, 1.54) is 10.6 Å². The lowest BCUT2D eigenvalue weighted by Gasteiger charge is -2.25. The van der Waals surface area contributed by atoms with Gasteiger partial charge >= 0.3 is 0 Å². The molecule has 0 unspecified atom stereocenters. The van der Waals surface area contributed by atoms with E-state index >= 15 is 0 Å². The van der Waals surface area contributed by atoms with Gasteiger partial charge in [-0.2, -0.15) is 4.37 Å². The second kappa shape index (κ2) is 4.17. The molecule has 3 nitrogen and oxygen atoms in total. The van der Waals surface area contributed by atoms with Crippen molar-refractivity contribution in [2.45, 2.75) is 13.5 Å². The smallest absolute Gasteiger partial charge is 0.0685 e. The fraction of sp³-hybridized carbons (Fsp3) is 0.667. The first-order valence-corrected chi connectivity index (χ1v) is 5.34. The van der Waals surface area contributed by atoms with Gasteiger partial charge in [-0.15, -0.1) is 0 Å². The average Bonchev–Trinajstić information content (AvgIpc) is 2.53. The van der Waals surface area contributed by atoms with E-state index in [4.69, 9.17) is 4.74 Å². The standard InChI is InChI=1S/C9H14N2OS/c1-8-6-9(10-13-8)7-11-2-4-12-5-3-11/h6H,2-5,7H2,1H3. The summed E-state index contributed by atoms with van der Waals surface area (Å²) in [6.45, 7) is 6.88. The number of hydrogen-bond donors (Lipinski definition) is 0. The monoisotopic (exact) mass is 198 g/mol. The van der Waals surface area contributed by atoms with Crippen molar-refractivity contribution in [1.29, 1.82) is 0 Å². The van der Waals surface area contributed by atoms with Crippen molar-refractivity contribution >= 4 is 11.5 Å². The summed E-state index contributed by atoms with van der Waals surface area (Å²) in [6.07, 6.45) is 0. The molecule has 1 aromatic rings. The molecule has 1 fully saturated rings. The Morgan fingerprint density at radius 1 is 1.54 bits per heavy atom. The van der Waals surface area contributed by atoms with Gasteiger partial charge in [0.25, 0.3) is 0 Å². The van der Waals surface area contributed by atoms with E-state index in [0.29, 0.717) is 0 Å². The van der Waals surface area contributed by atoms with Crippen LogP contribution in [-0.2, 0) is 11.3 Å².